The molecule has 1 aliphatic rings. The van der Waals surface area contributed by atoms with Gasteiger partial charge in [-0.1, -0.05) is 11.6 Å². The summed E-state index contributed by atoms with van der Waals surface area (Å²) in [5, 5.41) is 8.58. The second kappa shape index (κ2) is 3.92. The van der Waals surface area contributed by atoms with E-state index in [4.69, 9.17) is 11.6 Å². The molecular formula is C12H12ClN3. The minimum atomic E-state index is 0.529. The van der Waals surface area contributed by atoms with Crippen LogP contribution in [0.2, 0.25) is 5.02 Å². The Hall–Kier alpha value is -1.32. The molecule has 0 amide bonds. The van der Waals surface area contributed by atoms with E-state index in [-0.39, 0.29) is 0 Å². The fourth-order valence-electron chi connectivity index (χ4n) is 1.86. The first-order chi connectivity index (χ1) is 7.83. The van der Waals surface area contributed by atoms with Crippen molar-refractivity contribution in [3.8, 4) is 0 Å². The molecule has 16 heavy (non-hydrogen) atoms. The summed E-state index contributed by atoms with van der Waals surface area (Å²) >= 11 is 5.94. The third kappa shape index (κ3) is 1.72. The molecule has 0 unspecified atom stereocenters. The molecule has 3 nitrogen and oxygen atoms in total. The van der Waals surface area contributed by atoms with E-state index in [2.05, 4.69) is 15.6 Å². The molecule has 2 heterocycles. The number of benzene rings is 1. The van der Waals surface area contributed by atoms with E-state index in [1.165, 1.54) is 0 Å². The van der Waals surface area contributed by atoms with Crippen LogP contribution in [0, 0.1) is 0 Å². The van der Waals surface area contributed by atoms with Gasteiger partial charge < -0.3 is 10.6 Å². The van der Waals surface area contributed by atoms with Crippen LogP contribution in [-0.2, 0) is 0 Å². The van der Waals surface area contributed by atoms with Gasteiger partial charge in [0, 0.05) is 35.4 Å². The summed E-state index contributed by atoms with van der Waals surface area (Å²) in [4.78, 5) is 4.31. The molecule has 82 valence electrons. The highest BCUT2D eigenvalue weighted by Gasteiger charge is 2.16. The average Bonchev–Trinajstić information content (AvgIpc) is 2.23. The monoisotopic (exact) mass is 233 g/mol. The lowest BCUT2D eigenvalue weighted by Crippen LogP contribution is -2.51. The first-order valence-corrected chi connectivity index (χ1v) is 5.72. The zero-order chi connectivity index (χ0) is 11.0. The number of fused-ring (bicyclic) bond motifs is 1. The first-order valence-electron chi connectivity index (χ1n) is 5.34. The van der Waals surface area contributed by atoms with E-state index < -0.39 is 0 Å². The van der Waals surface area contributed by atoms with E-state index in [1.54, 1.807) is 0 Å². The maximum absolute atomic E-state index is 5.94. The Kier molecular flexibility index (Phi) is 2.42. The Morgan fingerprint density at radius 2 is 2.19 bits per heavy atom. The molecule has 0 spiro atoms. The predicted octanol–water partition coefficient (Wildman–Crippen LogP) is 2.27. The summed E-state index contributed by atoms with van der Waals surface area (Å²) in [6, 6.07) is 8.34. The number of nitrogens with zero attached hydrogens (tertiary/aromatic N) is 1. The maximum atomic E-state index is 5.94. The molecule has 1 aromatic carbocycles. The van der Waals surface area contributed by atoms with Crippen LogP contribution in [0.3, 0.4) is 0 Å². The lowest BCUT2D eigenvalue weighted by Gasteiger charge is -2.29. The Morgan fingerprint density at radius 3 is 2.94 bits per heavy atom. The zero-order valence-corrected chi connectivity index (χ0v) is 9.46. The van der Waals surface area contributed by atoms with Crippen LogP contribution >= 0.6 is 11.6 Å². The van der Waals surface area contributed by atoms with Crippen molar-refractivity contribution >= 4 is 28.2 Å². The van der Waals surface area contributed by atoms with Gasteiger partial charge in [-0.2, -0.15) is 0 Å². The number of rotatable bonds is 2. The van der Waals surface area contributed by atoms with E-state index in [1.807, 2.05) is 30.5 Å². The number of pyridine rings is 1. The van der Waals surface area contributed by atoms with Crippen molar-refractivity contribution in [1.82, 2.24) is 10.3 Å². The molecule has 4 heteroatoms. The molecule has 1 fully saturated rings. The van der Waals surface area contributed by atoms with Crippen LogP contribution in [0.15, 0.2) is 30.5 Å². The zero-order valence-electron chi connectivity index (χ0n) is 8.70. The van der Waals surface area contributed by atoms with Gasteiger partial charge in [0.2, 0.25) is 0 Å². The first kappa shape index (κ1) is 9.87. The fourth-order valence-corrected chi connectivity index (χ4v) is 2.02. The maximum Gasteiger partial charge on any atom is 0.0737 e. The highest BCUT2D eigenvalue weighted by atomic mass is 35.5. The molecule has 1 aliphatic heterocycles. The van der Waals surface area contributed by atoms with E-state index in [0.717, 1.165) is 34.7 Å². The van der Waals surface area contributed by atoms with Crippen molar-refractivity contribution in [3.05, 3.63) is 35.5 Å². The Labute approximate surface area is 98.8 Å². The minimum Gasteiger partial charge on any atom is -0.379 e. The minimum absolute atomic E-state index is 0.529. The number of hydrogen-bond acceptors (Lipinski definition) is 3. The number of anilines is 1. The third-order valence-corrected chi connectivity index (χ3v) is 3.08. The SMILES string of the molecule is Clc1ccc2c(NC3CNC3)ccnc2c1. The van der Waals surface area contributed by atoms with Gasteiger partial charge in [-0.25, -0.2) is 0 Å². The second-order valence-electron chi connectivity index (χ2n) is 4.02. The average molecular weight is 234 g/mol. The van der Waals surface area contributed by atoms with E-state index in [9.17, 15) is 0 Å². The van der Waals surface area contributed by atoms with Gasteiger partial charge in [0.25, 0.3) is 0 Å². The predicted molar refractivity (Wildman–Crippen MR) is 67.0 cm³/mol. The molecule has 1 saturated heterocycles. The van der Waals surface area contributed by atoms with Crippen molar-refractivity contribution in [2.24, 2.45) is 0 Å². The normalized spacial score (nSPS) is 16.1. The molecule has 2 N–H and O–H groups in total. The van der Waals surface area contributed by atoms with Crippen molar-refractivity contribution < 1.29 is 0 Å². The van der Waals surface area contributed by atoms with Gasteiger partial charge in [-0.3, -0.25) is 4.98 Å². The van der Waals surface area contributed by atoms with Gasteiger partial charge in [-0.15, -0.1) is 0 Å². The van der Waals surface area contributed by atoms with Crippen molar-refractivity contribution in [2.75, 3.05) is 18.4 Å². The summed E-state index contributed by atoms with van der Waals surface area (Å²) < 4.78 is 0. The van der Waals surface area contributed by atoms with Gasteiger partial charge in [0.1, 0.15) is 0 Å². The molecule has 0 aliphatic carbocycles. The second-order valence-corrected chi connectivity index (χ2v) is 4.46. The fraction of sp³-hybridized carbons (Fsp3) is 0.250. The molecule has 0 radical (unpaired) electrons. The van der Waals surface area contributed by atoms with Gasteiger partial charge in [0.05, 0.1) is 11.6 Å². The Morgan fingerprint density at radius 1 is 1.31 bits per heavy atom. The van der Waals surface area contributed by atoms with Crippen LogP contribution in [0.5, 0.6) is 0 Å². The highest BCUT2D eigenvalue weighted by molar-refractivity contribution is 6.31. The van der Waals surface area contributed by atoms with E-state index in [0.29, 0.717) is 6.04 Å². The molecule has 0 atom stereocenters. The standard InChI is InChI=1S/C12H12ClN3/c13-8-1-2-10-11(16-9-6-14-7-9)3-4-15-12(10)5-8/h1-5,9,14H,6-7H2,(H,15,16). The number of hydrogen-bond donors (Lipinski definition) is 2. The third-order valence-electron chi connectivity index (χ3n) is 2.85. The Balaban J connectivity index is 2.02. The summed E-state index contributed by atoms with van der Waals surface area (Å²) in [5.41, 5.74) is 2.07. The molecule has 2 aromatic rings. The van der Waals surface area contributed by atoms with Crippen molar-refractivity contribution in [1.29, 1.82) is 0 Å². The van der Waals surface area contributed by atoms with Gasteiger partial charge >= 0.3 is 0 Å². The lowest BCUT2D eigenvalue weighted by molar-refractivity contribution is 0.472. The number of halogens is 1. The highest BCUT2D eigenvalue weighted by Crippen LogP contribution is 2.25. The van der Waals surface area contributed by atoms with Crippen molar-refractivity contribution in [2.45, 2.75) is 6.04 Å². The quantitative estimate of drug-likeness (QED) is 0.836. The Bertz CT molecular complexity index is 523. The molecule has 0 bridgehead atoms. The number of nitrogens with one attached hydrogen (secondary N) is 2. The summed E-state index contributed by atoms with van der Waals surface area (Å²) in [6.07, 6.45) is 1.81. The van der Waals surface area contributed by atoms with Crippen LogP contribution < -0.4 is 10.6 Å². The molecule has 1 aromatic heterocycles. The summed E-state index contributed by atoms with van der Waals surface area (Å²) in [5.74, 6) is 0. The summed E-state index contributed by atoms with van der Waals surface area (Å²) in [7, 11) is 0. The topological polar surface area (TPSA) is 37.0 Å². The smallest absolute Gasteiger partial charge is 0.0737 e. The van der Waals surface area contributed by atoms with Gasteiger partial charge in [0.15, 0.2) is 0 Å². The van der Waals surface area contributed by atoms with E-state index >= 15 is 0 Å². The molecular weight excluding hydrogens is 222 g/mol. The molecule has 0 saturated carbocycles. The van der Waals surface area contributed by atoms with Gasteiger partial charge in [-0.05, 0) is 24.3 Å². The lowest BCUT2D eigenvalue weighted by atomic mass is 10.1. The van der Waals surface area contributed by atoms with Crippen molar-refractivity contribution in [3.63, 3.8) is 0 Å². The molecule has 3 rings (SSSR count). The summed E-state index contributed by atoms with van der Waals surface area (Å²) in [6.45, 7) is 2.05. The van der Waals surface area contributed by atoms with Crippen LogP contribution in [0.4, 0.5) is 5.69 Å². The number of aromatic nitrogens is 1. The van der Waals surface area contributed by atoms with Crippen LogP contribution in [-0.4, -0.2) is 24.1 Å². The largest absolute Gasteiger partial charge is 0.379 e. The van der Waals surface area contributed by atoms with Crippen LogP contribution in [0.1, 0.15) is 0 Å². The van der Waals surface area contributed by atoms with Crippen LogP contribution in [0.25, 0.3) is 10.9 Å².